The molecule has 2 amide bonds. The Morgan fingerprint density at radius 3 is 2.36 bits per heavy atom. The van der Waals surface area contributed by atoms with E-state index in [1.807, 2.05) is 13.8 Å². The van der Waals surface area contributed by atoms with Gasteiger partial charge in [0.05, 0.1) is 0 Å². The molecule has 0 aromatic heterocycles. The van der Waals surface area contributed by atoms with Crippen molar-refractivity contribution in [1.29, 1.82) is 0 Å². The average molecular weight is 217 g/mol. The lowest BCUT2D eigenvalue weighted by Gasteiger charge is -2.23. The minimum atomic E-state index is -0.0348. The van der Waals surface area contributed by atoms with Gasteiger partial charge in [-0.25, -0.2) is 4.79 Å². The van der Waals surface area contributed by atoms with E-state index in [2.05, 4.69) is 25.5 Å². The third-order valence-corrected chi connectivity index (χ3v) is 2.29. The van der Waals surface area contributed by atoms with Crippen molar-refractivity contribution in [1.82, 2.24) is 9.62 Å². The summed E-state index contributed by atoms with van der Waals surface area (Å²) in [5, 5.41) is 0.407. The highest BCUT2D eigenvalue weighted by Crippen LogP contribution is 2.06. The van der Waals surface area contributed by atoms with Gasteiger partial charge in [-0.3, -0.25) is 4.72 Å². The van der Waals surface area contributed by atoms with E-state index in [1.165, 1.54) is 11.9 Å². The maximum Gasteiger partial charge on any atom is 0.327 e. The third kappa shape index (κ3) is 6.13. The van der Waals surface area contributed by atoms with Crippen LogP contribution in [0.25, 0.3) is 0 Å². The van der Waals surface area contributed by atoms with Crippen molar-refractivity contribution in [3.8, 4) is 0 Å². The van der Waals surface area contributed by atoms with Gasteiger partial charge in [-0.2, -0.15) is 0 Å². The van der Waals surface area contributed by atoms with Crippen LogP contribution in [0.5, 0.6) is 0 Å². The number of hydrogen-bond donors (Lipinski definition) is 1. The average Bonchev–Trinajstić information content (AvgIpc) is 2.09. The van der Waals surface area contributed by atoms with E-state index in [4.69, 9.17) is 0 Å². The molecule has 0 bridgehead atoms. The second-order valence-corrected chi connectivity index (χ2v) is 5.30. The number of amides is 2. The number of rotatable bonds is 5. The molecule has 14 heavy (non-hydrogen) atoms. The Hall–Kier alpha value is -0.380. The standard InChI is InChI=1S/C10H21N2OS/c1-6-12(7-8(2)3)10(13)11-14-9(4)5/h8-9H,1,6-7H2,2-5H3,(H,11,13). The zero-order valence-electron chi connectivity index (χ0n) is 9.54. The minimum Gasteiger partial charge on any atom is -0.324 e. The van der Waals surface area contributed by atoms with Crippen LogP contribution in [0.2, 0.25) is 0 Å². The lowest BCUT2D eigenvalue weighted by atomic mass is 10.2. The summed E-state index contributed by atoms with van der Waals surface area (Å²) in [7, 11) is 0. The number of carbonyl (C=O) groups is 1. The lowest BCUT2D eigenvalue weighted by molar-refractivity contribution is 0.203. The first-order valence-electron chi connectivity index (χ1n) is 4.97. The summed E-state index contributed by atoms with van der Waals surface area (Å²) in [5.74, 6) is 0.478. The fourth-order valence-corrected chi connectivity index (χ4v) is 1.41. The molecule has 0 heterocycles. The van der Waals surface area contributed by atoms with Crippen LogP contribution in [0.3, 0.4) is 0 Å². The van der Waals surface area contributed by atoms with Gasteiger partial charge in [0.25, 0.3) is 0 Å². The number of nitrogens with zero attached hydrogens (tertiary/aromatic N) is 1. The van der Waals surface area contributed by atoms with Crippen molar-refractivity contribution < 1.29 is 4.79 Å². The summed E-state index contributed by atoms with van der Waals surface area (Å²) in [5.41, 5.74) is 0. The van der Waals surface area contributed by atoms with E-state index in [0.717, 1.165) is 6.54 Å². The first kappa shape index (κ1) is 13.6. The Bertz CT molecular complexity index is 172. The largest absolute Gasteiger partial charge is 0.327 e. The van der Waals surface area contributed by atoms with Crippen LogP contribution in [0.1, 0.15) is 27.7 Å². The number of hydrogen-bond acceptors (Lipinski definition) is 2. The van der Waals surface area contributed by atoms with E-state index >= 15 is 0 Å². The second kappa shape index (κ2) is 6.98. The topological polar surface area (TPSA) is 32.3 Å². The van der Waals surface area contributed by atoms with Crippen molar-refractivity contribution in [3.05, 3.63) is 6.92 Å². The van der Waals surface area contributed by atoms with Gasteiger partial charge in [0.2, 0.25) is 0 Å². The van der Waals surface area contributed by atoms with E-state index in [9.17, 15) is 4.79 Å². The molecule has 0 saturated heterocycles. The molecule has 1 radical (unpaired) electrons. The summed E-state index contributed by atoms with van der Waals surface area (Å²) in [4.78, 5) is 13.3. The molecular weight excluding hydrogens is 196 g/mol. The summed E-state index contributed by atoms with van der Waals surface area (Å²) >= 11 is 1.44. The summed E-state index contributed by atoms with van der Waals surface area (Å²) in [6.07, 6.45) is 0. The van der Waals surface area contributed by atoms with Crippen LogP contribution >= 0.6 is 11.9 Å². The van der Waals surface area contributed by atoms with Crippen molar-refractivity contribution in [2.45, 2.75) is 32.9 Å². The van der Waals surface area contributed by atoms with Gasteiger partial charge >= 0.3 is 6.03 Å². The van der Waals surface area contributed by atoms with Gasteiger partial charge in [-0.1, -0.05) is 27.7 Å². The molecule has 0 fully saturated rings. The molecule has 0 aliphatic rings. The van der Waals surface area contributed by atoms with Crippen LogP contribution in [-0.2, 0) is 0 Å². The third-order valence-electron chi connectivity index (χ3n) is 1.52. The van der Waals surface area contributed by atoms with E-state index in [1.54, 1.807) is 4.90 Å². The Morgan fingerprint density at radius 1 is 1.43 bits per heavy atom. The van der Waals surface area contributed by atoms with Gasteiger partial charge in [0, 0.05) is 18.3 Å². The molecular formula is C10H21N2OS. The molecule has 0 unspecified atom stereocenters. The Balaban J connectivity index is 3.92. The first-order chi connectivity index (χ1) is 6.47. The van der Waals surface area contributed by atoms with Gasteiger partial charge in [-0.15, -0.1) is 0 Å². The van der Waals surface area contributed by atoms with E-state index in [0.29, 0.717) is 17.7 Å². The van der Waals surface area contributed by atoms with Gasteiger partial charge in [0.15, 0.2) is 0 Å². The minimum absolute atomic E-state index is 0.0348. The van der Waals surface area contributed by atoms with Crippen LogP contribution in [0.15, 0.2) is 0 Å². The fraction of sp³-hybridized carbons (Fsp3) is 0.800. The quantitative estimate of drug-likeness (QED) is 0.718. The molecule has 3 nitrogen and oxygen atoms in total. The van der Waals surface area contributed by atoms with Crippen LogP contribution in [-0.4, -0.2) is 29.3 Å². The maximum atomic E-state index is 11.6. The van der Waals surface area contributed by atoms with Crippen LogP contribution in [0, 0.1) is 12.8 Å². The van der Waals surface area contributed by atoms with E-state index < -0.39 is 0 Å². The van der Waals surface area contributed by atoms with Crippen molar-refractivity contribution in [2.75, 3.05) is 13.1 Å². The Kier molecular flexibility index (Phi) is 6.79. The number of nitrogens with one attached hydrogen (secondary N) is 1. The first-order valence-corrected chi connectivity index (χ1v) is 5.85. The molecule has 0 aromatic rings. The molecule has 0 rings (SSSR count). The molecule has 4 heteroatoms. The normalized spacial score (nSPS) is 10.8. The molecule has 83 valence electrons. The van der Waals surface area contributed by atoms with Gasteiger partial charge < -0.3 is 4.90 Å². The van der Waals surface area contributed by atoms with Crippen molar-refractivity contribution in [2.24, 2.45) is 5.92 Å². The smallest absolute Gasteiger partial charge is 0.324 e. The van der Waals surface area contributed by atoms with Crippen LogP contribution < -0.4 is 4.72 Å². The molecule has 0 saturated carbocycles. The highest BCUT2D eigenvalue weighted by atomic mass is 32.2. The zero-order chi connectivity index (χ0) is 11.1. The number of carbonyl (C=O) groups excluding carboxylic acids is 1. The van der Waals surface area contributed by atoms with Gasteiger partial charge in [0.1, 0.15) is 0 Å². The predicted molar refractivity (Wildman–Crippen MR) is 63.0 cm³/mol. The molecule has 1 N–H and O–H groups in total. The number of urea groups is 1. The Morgan fingerprint density at radius 2 is 2.00 bits per heavy atom. The SMILES string of the molecule is [CH2]CN(CC(C)C)C(=O)NSC(C)C. The van der Waals surface area contributed by atoms with Gasteiger partial charge in [-0.05, 0) is 24.8 Å². The summed E-state index contributed by atoms with van der Waals surface area (Å²) in [6, 6.07) is -0.0348. The lowest BCUT2D eigenvalue weighted by Crippen LogP contribution is -2.39. The molecule has 0 aliphatic heterocycles. The molecule has 0 spiro atoms. The Labute approximate surface area is 91.8 Å². The van der Waals surface area contributed by atoms with E-state index in [-0.39, 0.29) is 6.03 Å². The van der Waals surface area contributed by atoms with Crippen molar-refractivity contribution in [3.63, 3.8) is 0 Å². The maximum absolute atomic E-state index is 11.6. The summed E-state index contributed by atoms with van der Waals surface area (Å²) in [6.45, 7) is 13.3. The highest BCUT2D eigenvalue weighted by molar-refractivity contribution is 7.98. The second-order valence-electron chi connectivity index (χ2n) is 3.91. The monoisotopic (exact) mass is 217 g/mol. The van der Waals surface area contributed by atoms with Crippen molar-refractivity contribution >= 4 is 18.0 Å². The molecule has 0 aromatic carbocycles. The predicted octanol–water partition coefficient (Wildman–Crippen LogP) is 2.54. The molecule has 0 aliphatic carbocycles. The molecule has 0 atom stereocenters. The highest BCUT2D eigenvalue weighted by Gasteiger charge is 2.12. The zero-order valence-corrected chi connectivity index (χ0v) is 10.4. The fourth-order valence-electron chi connectivity index (χ4n) is 0.949. The van der Waals surface area contributed by atoms with Crippen LogP contribution in [0.4, 0.5) is 4.79 Å². The summed E-state index contributed by atoms with van der Waals surface area (Å²) < 4.78 is 2.80.